The van der Waals surface area contributed by atoms with Crippen molar-refractivity contribution in [2.24, 2.45) is 0 Å². The predicted molar refractivity (Wildman–Crippen MR) is 107 cm³/mol. The number of carbonyl (C=O) groups excluding carboxylic acids is 1. The fourth-order valence-electron chi connectivity index (χ4n) is 3.12. The van der Waals surface area contributed by atoms with Gasteiger partial charge in [0.1, 0.15) is 10.7 Å². The number of nitrogens with zero attached hydrogens (tertiary/aromatic N) is 1. The van der Waals surface area contributed by atoms with Crippen LogP contribution < -0.4 is 5.32 Å². The molecular weight excluding hydrogens is 426 g/mol. The number of sulfonamides is 1. The molecule has 1 aliphatic rings. The molecule has 2 aromatic rings. The molecular formula is C19H19Cl2FN2O3S. The van der Waals surface area contributed by atoms with Crippen LogP contribution in [0.2, 0.25) is 10.0 Å². The number of halogens is 3. The summed E-state index contributed by atoms with van der Waals surface area (Å²) in [7, 11) is -3.97. The molecule has 0 spiro atoms. The van der Waals surface area contributed by atoms with Crippen LogP contribution in [-0.2, 0) is 10.0 Å². The lowest BCUT2D eigenvalue weighted by Crippen LogP contribution is -2.30. The maximum absolute atomic E-state index is 14.2. The zero-order chi connectivity index (χ0) is 20.5. The van der Waals surface area contributed by atoms with E-state index < -0.39 is 32.7 Å². The summed E-state index contributed by atoms with van der Waals surface area (Å²) in [5, 5.41) is 3.62. The summed E-state index contributed by atoms with van der Waals surface area (Å²) in [4.78, 5) is 12.1. The third-order valence-corrected chi connectivity index (χ3v) is 7.13. The smallest absolute Gasteiger partial charge is 0.251 e. The van der Waals surface area contributed by atoms with Gasteiger partial charge in [0.05, 0.1) is 6.04 Å². The molecule has 0 bridgehead atoms. The van der Waals surface area contributed by atoms with Crippen molar-refractivity contribution in [3.05, 3.63) is 63.4 Å². The van der Waals surface area contributed by atoms with Gasteiger partial charge in [0.2, 0.25) is 10.0 Å². The highest BCUT2D eigenvalue weighted by atomic mass is 35.5. The molecule has 0 aromatic heterocycles. The summed E-state index contributed by atoms with van der Waals surface area (Å²) in [6, 6.07) is 7.80. The zero-order valence-corrected chi connectivity index (χ0v) is 17.4. The fraction of sp³-hybridized carbons (Fsp3) is 0.316. The Morgan fingerprint density at radius 1 is 1.14 bits per heavy atom. The first-order chi connectivity index (χ1) is 13.2. The summed E-state index contributed by atoms with van der Waals surface area (Å²) in [5.74, 6) is -1.41. The van der Waals surface area contributed by atoms with Gasteiger partial charge in [0.15, 0.2) is 0 Å². The van der Waals surface area contributed by atoms with Gasteiger partial charge in [-0.05, 0) is 55.7 Å². The van der Waals surface area contributed by atoms with E-state index in [1.54, 1.807) is 25.1 Å². The number of carbonyl (C=O) groups is 1. The Bertz CT molecular complexity index is 1010. The van der Waals surface area contributed by atoms with Gasteiger partial charge in [0, 0.05) is 28.7 Å². The van der Waals surface area contributed by atoms with E-state index in [1.165, 1.54) is 10.4 Å². The molecule has 9 heteroatoms. The monoisotopic (exact) mass is 444 g/mol. The average molecular weight is 445 g/mol. The van der Waals surface area contributed by atoms with Crippen molar-refractivity contribution in [1.29, 1.82) is 0 Å². The van der Waals surface area contributed by atoms with E-state index in [0.717, 1.165) is 25.0 Å². The van der Waals surface area contributed by atoms with Gasteiger partial charge in [-0.2, -0.15) is 4.31 Å². The van der Waals surface area contributed by atoms with Gasteiger partial charge in [-0.25, -0.2) is 12.8 Å². The van der Waals surface area contributed by atoms with Crippen LogP contribution in [0.15, 0.2) is 41.3 Å². The van der Waals surface area contributed by atoms with Crippen LogP contribution in [0, 0.1) is 5.82 Å². The number of nitrogens with one attached hydrogen (secondary N) is 1. The van der Waals surface area contributed by atoms with Crippen LogP contribution in [-0.4, -0.2) is 31.7 Å². The summed E-state index contributed by atoms with van der Waals surface area (Å²) < 4.78 is 40.8. The second kappa shape index (κ2) is 8.37. The Kier molecular flexibility index (Phi) is 6.29. The van der Waals surface area contributed by atoms with Crippen LogP contribution in [0.4, 0.5) is 4.39 Å². The van der Waals surface area contributed by atoms with Crippen molar-refractivity contribution in [2.75, 3.05) is 13.1 Å². The quantitative estimate of drug-likeness (QED) is 0.742. The molecule has 0 aliphatic carbocycles. The third-order valence-electron chi connectivity index (χ3n) is 4.65. The standard InChI is InChI=1S/C19H19Cl2FN2O3S/c1-12(15-6-5-14(20)11-16(15)21)23-19(25)13-4-7-17(22)18(10-13)28(26,27)24-8-2-3-9-24/h4-7,10-12H,2-3,8-9H2,1H3,(H,23,25). The van der Waals surface area contributed by atoms with Crippen LogP contribution in [0.3, 0.4) is 0 Å². The van der Waals surface area contributed by atoms with Crippen molar-refractivity contribution in [3.63, 3.8) is 0 Å². The first kappa shape index (κ1) is 21.0. The van der Waals surface area contributed by atoms with Gasteiger partial charge >= 0.3 is 0 Å². The SMILES string of the molecule is CC(NC(=O)c1ccc(F)c(S(=O)(=O)N2CCCC2)c1)c1ccc(Cl)cc1Cl. The second-order valence-corrected chi connectivity index (χ2v) is 9.37. The van der Waals surface area contributed by atoms with Gasteiger partial charge in [-0.3, -0.25) is 4.79 Å². The molecule has 150 valence electrons. The van der Waals surface area contributed by atoms with Crippen LogP contribution in [0.25, 0.3) is 0 Å². The van der Waals surface area contributed by atoms with Crippen molar-refractivity contribution >= 4 is 39.1 Å². The molecule has 3 rings (SSSR count). The highest BCUT2D eigenvalue weighted by molar-refractivity contribution is 7.89. The fourth-order valence-corrected chi connectivity index (χ4v) is 5.30. The summed E-state index contributed by atoms with van der Waals surface area (Å²) in [6.07, 6.45) is 1.47. The van der Waals surface area contributed by atoms with Crippen molar-refractivity contribution in [2.45, 2.75) is 30.7 Å². The largest absolute Gasteiger partial charge is 0.345 e. The van der Waals surface area contributed by atoms with Gasteiger partial charge in [-0.15, -0.1) is 0 Å². The maximum atomic E-state index is 14.2. The number of hydrogen-bond acceptors (Lipinski definition) is 3. The molecule has 5 nitrogen and oxygen atoms in total. The van der Waals surface area contributed by atoms with Crippen LogP contribution in [0.5, 0.6) is 0 Å². The Morgan fingerprint density at radius 3 is 2.46 bits per heavy atom. The molecule has 1 fully saturated rings. The van der Waals surface area contributed by atoms with E-state index in [2.05, 4.69) is 5.32 Å². The Hall–Kier alpha value is -1.67. The zero-order valence-electron chi connectivity index (χ0n) is 15.1. The molecule has 1 unspecified atom stereocenters. The lowest BCUT2D eigenvalue weighted by molar-refractivity contribution is 0.0939. The minimum absolute atomic E-state index is 0.0520. The molecule has 28 heavy (non-hydrogen) atoms. The minimum atomic E-state index is -3.97. The Balaban J connectivity index is 1.84. The summed E-state index contributed by atoms with van der Waals surface area (Å²) in [6.45, 7) is 2.44. The first-order valence-electron chi connectivity index (χ1n) is 8.75. The highest BCUT2D eigenvalue weighted by Gasteiger charge is 2.30. The van der Waals surface area contributed by atoms with Crippen LogP contribution >= 0.6 is 23.2 Å². The number of rotatable bonds is 5. The molecule has 1 aliphatic heterocycles. The van der Waals surface area contributed by atoms with Crippen molar-refractivity contribution in [3.8, 4) is 0 Å². The van der Waals surface area contributed by atoms with E-state index in [0.29, 0.717) is 28.7 Å². The second-order valence-electron chi connectivity index (χ2n) is 6.62. The molecule has 1 atom stereocenters. The lowest BCUT2D eigenvalue weighted by atomic mass is 10.1. The van der Waals surface area contributed by atoms with E-state index >= 15 is 0 Å². The minimum Gasteiger partial charge on any atom is -0.345 e. The van der Waals surface area contributed by atoms with Crippen LogP contribution in [0.1, 0.15) is 41.7 Å². The topological polar surface area (TPSA) is 66.5 Å². The number of amides is 1. The molecule has 0 saturated carbocycles. The molecule has 2 aromatic carbocycles. The Labute approximate surface area is 173 Å². The number of hydrogen-bond donors (Lipinski definition) is 1. The van der Waals surface area contributed by atoms with Crippen molar-refractivity contribution < 1.29 is 17.6 Å². The van der Waals surface area contributed by atoms with E-state index in [-0.39, 0.29) is 5.56 Å². The summed E-state index contributed by atoms with van der Waals surface area (Å²) >= 11 is 12.0. The van der Waals surface area contributed by atoms with E-state index in [9.17, 15) is 17.6 Å². The average Bonchev–Trinajstić information content (AvgIpc) is 3.17. The Morgan fingerprint density at radius 2 is 1.82 bits per heavy atom. The van der Waals surface area contributed by atoms with E-state index in [1.807, 2.05) is 0 Å². The molecule has 0 radical (unpaired) electrons. The van der Waals surface area contributed by atoms with Gasteiger partial charge in [0.25, 0.3) is 5.91 Å². The summed E-state index contributed by atoms with van der Waals surface area (Å²) in [5.41, 5.74) is 0.711. The van der Waals surface area contributed by atoms with Gasteiger partial charge < -0.3 is 5.32 Å². The maximum Gasteiger partial charge on any atom is 0.251 e. The molecule has 1 heterocycles. The highest BCUT2D eigenvalue weighted by Crippen LogP contribution is 2.27. The molecule has 1 amide bonds. The van der Waals surface area contributed by atoms with Crippen molar-refractivity contribution in [1.82, 2.24) is 9.62 Å². The molecule has 1 N–H and O–H groups in total. The number of benzene rings is 2. The normalized spacial score (nSPS) is 16.1. The lowest BCUT2D eigenvalue weighted by Gasteiger charge is -2.18. The van der Waals surface area contributed by atoms with E-state index in [4.69, 9.17) is 23.2 Å². The predicted octanol–water partition coefficient (Wildman–Crippen LogP) is 4.41. The van der Waals surface area contributed by atoms with Gasteiger partial charge in [-0.1, -0.05) is 29.3 Å². The molecule has 1 saturated heterocycles. The first-order valence-corrected chi connectivity index (χ1v) is 11.0. The third kappa shape index (κ3) is 4.33.